The van der Waals surface area contributed by atoms with E-state index in [1.165, 1.54) is 0 Å². The molecule has 3 nitrogen and oxygen atoms in total. The lowest BCUT2D eigenvalue weighted by Gasteiger charge is -2.33. The molecule has 18 heavy (non-hydrogen) atoms. The minimum atomic E-state index is -4.11. The number of likely N-dealkylation sites (tertiary alicyclic amines) is 1. The third-order valence-electron chi connectivity index (χ3n) is 3.22. The Kier molecular flexibility index (Phi) is 3.97. The van der Waals surface area contributed by atoms with E-state index in [0.717, 1.165) is 0 Å². The van der Waals surface area contributed by atoms with Crippen LogP contribution in [0, 0.1) is 5.92 Å². The Hall–Kier alpha value is -1.01. The SMILES string of the molecule is OCc1ccc(CN2CCCC(C(F)(F)F)C2)o1. The molecule has 1 aromatic heterocycles. The van der Waals surface area contributed by atoms with E-state index in [4.69, 9.17) is 9.52 Å². The van der Waals surface area contributed by atoms with Crippen LogP contribution in [-0.2, 0) is 13.2 Å². The number of nitrogens with zero attached hydrogens (tertiary/aromatic N) is 1. The summed E-state index contributed by atoms with van der Waals surface area (Å²) in [6.07, 6.45) is -3.35. The summed E-state index contributed by atoms with van der Waals surface area (Å²) in [5.74, 6) is -0.199. The van der Waals surface area contributed by atoms with Gasteiger partial charge in [0, 0.05) is 6.54 Å². The Bertz CT molecular complexity index is 389. The molecule has 0 amide bonds. The van der Waals surface area contributed by atoms with Crippen molar-refractivity contribution in [1.82, 2.24) is 4.90 Å². The molecule has 1 atom stereocenters. The van der Waals surface area contributed by atoms with Gasteiger partial charge in [0.1, 0.15) is 18.1 Å². The molecule has 0 bridgehead atoms. The number of halogens is 3. The first-order chi connectivity index (χ1) is 8.49. The number of piperidine rings is 1. The average Bonchev–Trinajstić information content (AvgIpc) is 2.76. The standard InChI is InChI=1S/C12H16F3NO2/c13-12(14,15)9-2-1-5-16(6-9)7-10-3-4-11(8-17)18-10/h3-4,9,17H,1-2,5-8H2. The third kappa shape index (κ3) is 3.26. The molecule has 1 N–H and O–H groups in total. The predicted molar refractivity (Wildman–Crippen MR) is 58.7 cm³/mol. The summed E-state index contributed by atoms with van der Waals surface area (Å²) in [4.78, 5) is 1.75. The van der Waals surface area contributed by atoms with Gasteiger partial charge in [-0.15, -0.1) is 0 Å². The van der Waals surface area contributed by atoms with Crippen molar-refractivity contribution in [2.45, 2.75) is 32.2 Å². The van der Waals surface area contributed by atoms with E-state index in [1.807, 2.05) is 0 Å². The number of hydrogen-bond acceptors (Lipinski definition) is 3. The summed E-state index contributed by atoms with van der Waals surface area (Å²) < 4.78 is 43.2. The minimum absolute atomic E-state index is 0.0264. The van der Waals surface area contributed by atoms with E-state index in [-0.39, 0.29) is 19.6 Å². The molecule has 1 fully saturated rings. The maximum absolute atomic E-state index is 12.6. The van der Waals surface area contributed by atoms with Gasteiger partial charge in [0.15, 0.2) is 0 Å². The Labute approximate surface area is 103 Å². The van der Waals surface area contributed by atoms with Gasteiger partial charge in [0.05, 0.1) is 12.5 Å². The first-order valence-corrected chi connectivity index (χ1v) is 5.96. The van der Waals surface area contributed by atoms with Gasteiger partial charge in [-0.2, -0.15) is 13.2 Å². The molecule has 1 saturated heterocycles. The Morgan fingerprint density at radius 1 is 1.33 bits per heavy atom. The van der Waals surface area contributed by atoms with Crippen molar-refractivity contribution in [1.29, 1.82) is 0 Å². The number of aliphatic hydroxyl groups excluding tert-OH is 1. The normalized spacial score (nSPS) is 22.3. The van der Waals surface area contributed by atoms with E-state index in [9.17, 15) is 13.2 Å². The maximum atomic E-state index is 12.6. The zero-order valence-electron chi connectivity index (χ0n) is 9.91. The first kappa shape index (κ1) is 13.4. The van der Waals surface area contributed by atoms with E-state index in [2.05, 4.69) is 0 Å². The molecule has 102 valence electrons. The molecule has 2 heterocycles. The summed E-state index contributed by atoms with van der Waals surface area (Å²) in [5, 5.41) is 8.85. The fourth-order valence-corrected chi connectivity index (χ4v) is 2.28. The number of rotatable bonds is 3. The molecule has 0 spiro atoms. The number of aliphatic hydroxyl groups is 1. The van der Waals surface area contributed by atoms with Gasteiger partial charge in [-0.1, -0.05) is 0 Å². The molecule has 1 aliphatic rings. The summed E-state index contributed by atoms with van der Waals surface area (Å²) in [6.45, 7) is 0.859. The van der Waals surface area contributed by atoms with Crippen LogP contribution in [0.2, 0.25) is 0 Å². The Morgan fingerprint density at radius 2 is 2.06 bits per heavy atom. The zero-order valence-corrected chi connectivity index (χ0v) is 9.91. The van der Waals surface area contributed by atoms with E-state index in [1.54, 1.807) is 17.0 Å². The fourth-order valence-electron chi connectivity index (χ4n) is 2.28. The van der Waals surface area contributed by atoms with Crippen LogP contribution in [0.15, 0.2) is 16.5 Å². The second-order valence-corrected chi connectivity index (χ2v) is 4.64. The number of alkyl halides is 3. The van der Waals surface area contributed by atoms with Crippen molar-refractivity contribution >= 4 is 0 Å². The van der Waals surface area contributed by atoms with Gasteiger partial charge >= 0.3 is 6.18 Å². The molecule has 2 rings (SSSR count). The summed E-state index contributed by atoms with van der Waals surface area (Å²) in [7, 11) is 0. The fraction of sp³-hybridized carbons (Fsp3) is 0.667. The van der Waals surface area contributed by atoms with Crippen molar-refractivity contribution < 1.29 is 22.7 Å². The van der Waals surface area contributed by atoms with Gasteiger partial charge in [-0.05, 0) is 31.5 Å². The summed E-state index contributed by atoms with van der Waals surface area (Å²) in [5.41, 5.74) is 0. The Balaban J connectivity index is 1.93. The molecule has 1 aromatic rings. The number of furan rings is 1. The van der Waals surface area contributed by atoms with Gasteiger partial charge in [-0.25, -0.2) is 0 Å². The van der Waals surface area contributed by atoms with Crippen LogP contribution in [0.1, 0.15) is 24.4 Å². The summed E-state index contributed by atoms with van der Waals surface area (Å²) >= 11 is 0. The molecule has 0 radical (unpaired) electrons. The Morgan fingerprint density at radius 3 is 2.67 bits per heavy atom. The molecule has 0 saturated carbocycles. The monoisotopic (exact) mass is 263 g/mol. The minimum Gasteiger partial charge on any atom is -0.462 e. The molecular weight excluding hydrogens is 247 g/mol. The predicted octanol–water partition coefficient (Wildman–Crippen LogP) is 2.55. The highest BCUT2D eigenvalue weighted by molar-refractivity contribution is 5.06. The van der Waals surface area contributed by atoms with Crippen molar-refractivity contribution in [3.05, 3.63) is 23.7 Å². The van der Waals surface area contributed by atoms with E-state index < -0.39 is 12.1 Å². The molecule has 0 aliphatic carbocycles. The number of hydrogen-bond donors (Lipinski definition) is 1. The van der Waals surface area contributed by atoms with Crippen LogP contribution in [0.25, 0.3) is 0 Å². The molecular formula is C12H16F3NO2. The van der Waals surface area contributed by atoms with Crippen LogP contribution in [0.4, 0.5) is 13.2 Å². The molecule has 0 aromatic carbocycles. The van der Waals surface area contributed by atoms with Crippen molar-refractivity contribution in [2.24, 2.45) is 5.92 Å². The van der Waals surface area contributed by atoms with Crippen molar-refractivity contribution in [2.75, 3.05) is 13.1 Å². The van der Waals surface area contributed by atoms with Crippen LogP contribution in [0.3, 0.4) is 0 Å². The van der Waals surface area contributed by atoms with Gasteiger partial charge in [-0.3, -0.25) is 4.90 Å². The van der Waals surface area contributed by atoms with Gasteiger partial charge < -0.3 is 9.52 Å². The quantitative estimate of drug-likeness (QED) is 0.910. The van der Waals surface area contributed by atoms with Crippen LogP contribution < -0.4 is 0 Å². The summed E-state index contributed by atoms with van der Waals surface area (Å²) in [6, 6.07) is 3.34. The molecule has 1 unspecified atom stereocenters. The van der Waals surface area contributed by atoms with Crippen molar-refractivity contribution in [3.63, 3.8) is 0 Å². The van der Waals surface area contributed by atoms with Gasteiger partial charge in [0.25, 0.3) is 0 Å². The third-order valence-corrected chi connectivity index (χ3v) is 3.22. The topological polar surface area (TPSA) is 36.6 Å². The highest BCUT2D eigenvalue weighted by atomic mass is 19.4. The highest BCUT2D eigenvalue weighted by Crippen LogP contribution is 2.33. The second kappa shape index (κ2) is 5.32. The molecule has 1 aliphatic heterocycles. The van der Waals surface area contributed by atoms with E-state index >= 15 is 0 Å². The van der Waals surface area contributed by atoms with Crippen LogP contribution >= 0.6 is 0 Å². The zero-order chi connectivity index (χ0) is 13.2. The van der Waals surface area contributed by atoms with E-state index in [0.29, 0.717) is 31.0 Å². The van der Waals surface area contributed by atoms with Crippen LogP contribution in [0.5, 0.6) is 0 Å². The first-order valence-electron chi connectivity index (χ1n) is 5.96. The lowest BCUT2D eigenvalue weighted by atomic mass is 9.97. The maximum Gasteiger partial charge on any atom is 0.393 e. The van der Waals surface area contributed by atoms with Crippen LogP contribution in [-0.4, -0.2) is 29.3 Å². The largest absolute Gasteiger partial charge is 0.462 e. The molecule has 6 heteroatoms. The average molecular weight is 263 g/mol. The lowest BCUT2D eigenvalue weighted by Crippen LogP contribution is -2.41. The highest BCUT2D eigenvalue weighted by Gasteiger charge is 2.41. The smallest absolute Gasteiger partial charge is 0.393 e. The van der Waals surface area contributed by atoms with Crippen molar-refractivity contribution in [3.8, 4) is 0 Å². The lowest BCUT2D eigenvalue weighted by molar-refractivity contribution is -0.187. The van der Waals surface area contributed by atoms with Gasteiger partial charge in [0.2, 0.25) is 0 Å². The second-order valence-electron chi connectivity index (χ2n) is 4.64.